The molecule has 0 unspecified atom stereocenters. The summed E-state index contributed by atoms with van der Waals surface area (Å²) >= 11 is 0. The Kier molecular flexibility index (Phi) is 7.62. The number of methoxy groups -OCH3 is 3. The molecule has 1 aliphatic rings. The molecule has 2 aromatic carbocycles. The van der Waals surface area contributed by atoms with Crippen molar-refractivity contribution >= 4 is 17.5 Å². The molecule has 7 heteroatoms. The zero-order valence-electron chi connectivity index (χ0n) is 19.4. The molecule has 0 bridgehead atoms. The Morgan fingerprint density at radius 1 is 1.06 bits per heavy atom. The lowest BCUT2D eigenvalue weighted by atomic mass is 9.92. The molecule has 2 amide bonds. The lowest BCUT2D eigenvalue weighted by molar-refractivity contribution is -0.129. The third-order valence-corrected chi connectivity index (χ3v) is 5.97. The molecule has 7 nitrogen and oxygen atoms in total. The van der Waals surface area contributed by atoms with Gasteiger partial charge in [0, 0.05) is 24.7 Å². The third kappa shape index (κ3) is 4.82. The van der Waals surface area contributed by atoms with Crippen LogP contribution < -0.4 is 19.5 Å². The van der Waals surface area contributed by atoms with Gasteiger partial charge in [0.15, 0.2) is 11.5 Å². The van der Waals surface area contributed by atoms with Crippen molar-refractivity contribution < 1.29 is 23.8 Å². The van der Waals surface area contributed by atoms with Crippen LogP contribution in [-0.4, -0.2) is 44.6 Å². The minimum Gasteiger partial charge on any atom is -0.497 e. The number of nitrogens with one attached hydrogen (secondary N) is 1. The number of ether oxygens (including phenoxy) is 3. The average molecular weight is 441 g/mol. The smallest absolute Gasteiger partial charge is 0.230 e. The fourth-order valence-electron chi connectivity index (χ4n) is 4.17. The van der Waals surface area contributed by atoms with E-state index in [0.717, 1.165) is 29.7 Å². The van der Waals surface area contributed by atoms with E-state index in [4.69, 9.17) is 14.2 Å². The van der Waals surface area contributed by atoms with Crippen molar-refractivity contribution in [1.29, 1.82) is 0 Å². The van der Waals surface area contributed by atoms with Crippen molar-refractivity contribution in [1.82, 2.24) is 4.90 Å². The van der Waals surface area contributed by atoms with Gasteiger partial charge in [0.25, 0.3) is 0 Å². The van der Waals surface area contributed by atoms with Crippen molar-refractivity contribution in [2.75, 3.05) is 33.2 Å². The summed E-state index contributed by atoms with van der Waals surface area (Å²) < 4.78 is 16.0. The number of carbonyl (C=O) groups excluding carboxylic acids is 2. The van der Waals surface area contributed by atoms with Crippen LogP contribution in [0.2, 0.25) is 0 Å². The molecule has 1 fully saturated rings. The minimum atomic E-state index is -0.500. The van der Waals surface area contributed by atoms with Crippen LogP contribution in [0.4, 0.5) is 5.69 Å². The van der Waals surface area contributed by atoms with Crippen LogP contribution in [0.3, 0.4) is 0 Å². The highest BCUT2D eigenvalue weighted by Crippen LogP contribution is 2.40. The quantitative estimate of drug-likeness (QED) is 0.627. The molecule has 1 aliphatic heterocycles. The van der Waals surface area contributed by atoms with Crippen molar-refractivity contribution in [2.24, 2.45) is 5.92 Å². The lowest BCUT2D eigenvalue weighted by Crippen LogP contribution is -2.33. The first-order valence-corrected chi connectivity index (χ1v) is 10.9. The van der Waals surface area contributed by atoms with Gasteiger partial charge in [0.2, 0.25) is 11.8 Å². The van der Waals surface area contributed by atoms with Crippen LogP contribution in [0.25, 0.3) is 0 Å². The van der Waals surface area contributed by atoms with Gasteiger partial charge in [-0.1, -0.05) is 25.5 Å². The normalized spacial score (nSPS) is 17.9. The second-order valence-electron chi connectivity index (χ2n) is 7.98. The number of unbranched alkanes of at least 4 members (excludes halogenated alkanes) is 1. The second kappa shape index (κ2) is 10.4. The van der Waals surface area contributed by atoms with Crippen LogP contribution in [0.1, 0.15) is 43.4 Å². The molecular formula is C25H32N2O5. The van der Waals surface area contributed by atoms with E-state index in [-0.39, 0.29) is 24.3 Å². The number of hydrogen-bond donors (Lipinski definition) is 1. The molecule has 1 heterocycles. The minimum absolute atomic E-state index is 0.00320. The first-order valence-electron chi connectivity index (χ1n) is 10.9. The highest BCUT2D eigenvalue weighted by atomic mass is 16.5. The fraction of sp³-hybridized carbons (Fsp3) is 0.440. The van der Waals surface area contributed by atoms with E-state index in [9.17, 15) is 9.59 Å². The molecule has 172 valence electrons. The number of hydrogen-bond acceptors (Lipinski definition) is 5. The van der Waals surface area contributed by atoms with E-state index in [0.29, 0.717) is 23.7 Å². The van der Waals surface area contributed by atoms with Crippen LogP contribution in [0.15, 0.2) is 36.4 Å². The zero-order valence-corrected chi connectivity index (χ0v) is 19.4. The van der Waals surface area contributed by atoms with Crippen LogP contribution in [0.5, 0.6) is 17.2 Å². The molecule has 0 radical (unpaired) electrons. The van der Waals surface area contributed by atoms with E-state index in [1.165, 1.54) is 0 Å². The van der Waals surface area contributed by atoms with Gasteiger partial charge in [0.1, 0.15) is 5.75 Å². The Morgan fingerprint density at radius 2 is 1.72 bits per heavy atom. The molecule has 2 aromatic rings. The summed E-state index contributed by atoms with van der Waals surface area (Å²) in [6.07, 6.45) is 2.04. The molecule has 0 spiro atoms. The lowest BCUT2D eigenvalue weighted by Gasteiger charge is -2.28. The highest BCUT2D eigenvalue weighted by molar-refractivity contribution is 5.98. The molecule has 0 aliphatic carbocycles. The number of amides is 2. The van der Waals surface area contributed by atoms with Gasteiger partial charge in [-0.25, -0.2) is 0 Å². The van der Waals surface area contributed by atoms with Gasteiger partial charge in [-0.2, -0.15) is 0 Å². The summed E-state index contributed by atoms with van der Waals surface area (Å²) in [7, 11) is 4.74. The molecule has 2 atom stereocenters. The van der Waals surface area contributed by atoms with E-state index in [1.807, 2.05) is 42.2 Å². The van der Waals surface area contributed by atoms with Crippen LogP contribution in [-0.2, 0) is 9.59 Å². The maximum absolute atomic E-state index is 13.4. The molecule has 1 N–H and O–H groups in total. The maximum atomic E-state index is 13.4. The molecule has 32 heavy (non-hydrogen) atoms. The van der Waals surface area contributed by atoms with Crippen molar-refractivity contribution in [3.8, 4) is 17.2 Å². The van der Waals surface area contributed by atoms with Gasteiger partial charge < -0.3 is 24.4 Å². The van der Waals surface area contributed by atoms with Gasteiger partial charge in [-0.05, 0) is 42.7 Å². The number of benzene rings is 2. The van der Waals surface area contributed by atoms with Gasteiger partial charge >= 0.3 is 0 Å². The third-order valence-electron chi connectivity index (χ3n) is 5.97. The zero-order chi connectivity index (χ0) is 23.3. The van der Waals surface area contributed by atoms with Crippen molar-refractivity contribution in [3.63, 3.8) is 0 Å². The summed E-state index contributed by atoms with van der Waals surface area (Å²) in [6.45, 7) is 4.62. The summed E-state index contributed by atoms with van der Waals surface area (Å²) in [5.41, 5.74) is 2.42. The van der Waals surface area contributed by atoms with E-state index in [1.54, 1.807) is 27.4 Å². The predicted octanol–water partition coefficient (Wildman–Crippen LogP) is 4.35. The number of likely N-dealkylation sites (tertiary alicyclic amines) is 1. The fourth-order valence-corrected chi connectivity index (χ4v) is 4.17. The van der Waals surface area contributed by atoms with Crippen molar-refractivity contribution in [2.45, 2.75) is 39.2 Å². The Balaban J connectivity index is 1.91. The molecule has 0 saturated carbocycles. The van der Waals surface area contributed by atoms with Gasteiger partial charge in [-0.3, -0.25) is 9.59 Å². The maximum Gasteiger partial charge on any atom is 0.230 e. The Labute approximate surface area is 189 Å². The molecule has 1 saturated heterocycles. The van der Waals surface area contributed by atoms with E-state index in [2.05, 4.69) is 12.2 Å². The van der Waals surface area contributed by atoms with E-state index >= 15 is 0 Å². The monoisotopic (exact) mass is 440 g/mol. The first-order chi connectivity index (χ1) is 15.4. The standard InChI is InChI=1S/C25H32N2O5/c1-6-7-12-27-23(28)14-19(24(27)17-8-10-18(30-3)11-9-17)25(29)26-20-15-22(32-5)21(31-4)13-16(20)2/h8-11,13,15,19,24H,6-7,12,14H2,1-5H3,(H,26,29)/t19-,24+/m1/s1. The van der Waals surface area contributed by atoms with Gasteiger partial charge in [-0.15, -0.1) is 0 Å². The number of carbonyl (C=O) groups is 2. The SMILES string of the molecule is CCCCN1C(=O)C[C@@H](C(=O)Nc2cc(OC)c(OC)cc2C)[C@@H]1c1ccc(OC)cc1. The molecular weight excluding hydrogens is 408 g/mol. The first kappa shape index (κ1) is 23.4. The number of rotatable bonds is 9. The summed E-state index contributed by atoms with van der Waals surface area (Å²) in [6, 6.07) is 10.8. The van der Waals surface area contributed by atoms with E-state index < -0.39 is 5.92 Å². The highest BCUT2D eigenvalue weighted by Gasteiger charge is 2.44. The summed E-state index contributed by atoms with van der Waals surface area (Å²) in [4.78, 5) is 28.1. The topological polar surface area (TPSA) is 77.1 Å². The summed E-state index contributed by atoms with van der Waals surface area (Å²) in [5, 5.41) is 3.02. The average Bonchev–Trinajstić information content (AvgIpc) is 3.14. The molecule has 3 rings (SSSR count). The van der Waals surface area contributed by atoms with Gasteiger partial charge in [0.05, 0.1) is 33.3 Å². The van der Waals surface area contributed by atoms with Crippen molar-refractivity contribution in [3.05, 3.63) is 47.5 Å². The number of nitrogens with zero attached hydrogens (tertiary/aromatic N) is 1. The Hall–Kier alpha value is -3.22. The summed E-state index contributed by atoms with van der Waals surface area (Å²) in [5.74, 6) is 1.19. The predicted molar refractivity (Wildman–Crippen MR) is 123 cm³/mol. The largest absolute Gasteiger partial charge is 0.497 e. The Bertz CT molecular complexity index is 958. The van der Waals surface area contributed by atoms with Crippen LogP contribution in [0, 0.1) is 12.8 Å². The number of anilines is 1. The van der Waals surface area contributed by atoms with Crippen LogP contribution >= 0.6 is 0 Å². The second-order valence-corrected chi connectivity index (χ2v) is 7.98. The molecule has 0 aromatic heterocycles. The Morgan fingerprint density at radius 3 is 2.31 bits per heavy atom. The number of aryl methyl sites for hydroxylation is 1.